The third kappa shape index (κ3) is 5.24. The second-order valence-corrected chi connectivity index (χ2v) is 7.42. The molecule has 4 N–H and O–H groups in total. The molecule has 2 nitrogen and oxygen atoms in total. The van der Waals surface area contributed by atoms with Gasteiger partial charge in [0.05, 0.1) is 0 Å². The van der Waals surface area contributed by atoms with Crippen molar-refractivity contribution in [1.29, 1.82) is 0 Å². The molecule has 0 aromatic rings. The molecule has 0 bridgehead atoms. The fourth-order valence-corrected chi connectivity index (χ4v) is 3.63. The first kappa shape index (κ1) is 20.0. The Kier molecular flexibility index (Phi) is 8.11. The van der Waals surface area contributed by atoms with Gasteiger partial charge < -0.3 is 11.5 Å². The SMILES string of the molecule is CCC/C=C(\C(C(C)=C(C)CC)=C(/C)N)C1CCC(C)C(N)C1. The standard InChI is InChI=1S/C21H38N2/c1-7-9-10-19(18-12-11-15(4)20(23)13-18)21(17(6)22)16(5)14(3)8-2/h10,15,18,20H,7-9,11-13,22-23H2,1-6H3/b16-14?,19-10-,21-17+. The van der Waals surface area contributed by atoms with Crippen molar-refractivity contribution in [3.05, 3.63) is 34.1 Å². The van der Waals surface area contributed by atoms with Gasteiger partial charge in [-0.2, -0.15) is 0 Å². The molecule has 1 aliphatic carbocycles. The predicted octanol–water partition coefficient (Wildman–Crippen LogP) is 5.46. The van der Waals surface area contributed by atoms with Crippen LogP contribution in [0, 0.1) is 11.8 Å². The van der Waals surface area contributed by atoms with E-state index in [4.69, 9.17) is 11.5 Å². The summed E-state index contributed by atoms with van der Waals surface area (Å²) in [4.78, 5) is 0. The number of allylic oxidation sites excluding steroid dienone is 6. The molecule has 0 aromatic heterocycles. The van der Waals surface area contributed by atoms with E-state index in [0.29, 0.717) is 17.9 Å². The van der Waals surface area contributed by atoms with Crippen molar-refractivity contribution < 1.29 is 0 Å². The van der Waals surface area contributed by atoms with E-state index in [0.717, 1.165) is 25.0 Å². The summed E-state index contributed by atoms with van der Waals surface area (Å²) in [5.41, 5.74) is 19.2. The summed E-state index contributed by atoms with van der Waals surface area (Å²) in [7, 11) is 0. The molecule has 1 aliphatic rings. The number of hydrogen-bond donors (Lipinski definition) is 2. The maximum absolute atomic E-state index is 6.39. The van der Waals surface area contributed by atoms with Gasteiger partial charge in [0.2, 0.25) is 0 Å². The van der Waals surface area contributed by atoms with Crippen LogP contribution in [0.2, 0.25) is 0 Å². The topological polar surface area (TPSA) is 52.0 Å². The van der Waals surface area contributed by atoms with Crippen molar-refractivity contribution >= 4 is 0 Å². The van der Waals surface area contributed by atoms with E-state index < -0.39 is 0 Å². The summed E-state index contributed by atoms with van der Waals surface area (Å²) in [5, 5.41) is 0. The molecule has 0 aromatic carbocycles. The highest BCUT2D eigenvalue weighted by molar-refractivity contribution is 5.50. The Morgan fingerprint density at radius 2 is 1.78 bits per heavy atom. The maximum atomic E-state index is 6.39. The molecule has 3 unspecified atom stereocenters. The smallest absolute Gasteiger partial charge is 0.0128 e. The molecule has 0 aliphatic heterocycles. The van der Waals surface area contributed by atoms with Crippen LogP contribution in [0.25, 0.3) is 0 Å². The second kappa shape index (κ2) is 9.32. The molecule has 3 atom stereocenters. The van der Waals surface area contributed by atoms with Crippen LogP contribution in [0.5, 0.6) is 0 Å². The minimum absolute atomic E-state index is 0.315. The van der Waals surface area contributed by atoms with Crippen molar-refractivity contribution in [1.82, 2.24) is 0 Å². The van der Waals surface area contributed by atoms with Crippen LogP contribution in [0.3, 0.4) is 0 Å². The van der Waals surface area contributed by atoms with E-state index in [1.165, 1.54) is 41.6 Å². The quantitative estimate of drug-likeness (QED) is 0.639. The Morgan fingerprint density at radius 1 is 1.13 bits per heavy atom. The maximum Gasteiger partial charge on any atom is 0.0128 e. The van der Waals surface area contributed by atoms with E-state index in [9.17, 15) is 0 Å². The lowest BCUT2D eigenvalue weighted by Crippen LogP contribution is -2.36. The van der Waals surface area contributed by atoms with Crippen molar-refractivity contribution in [2.45, 2.75) is 86.1 Å². The minimum atomic E-state index is 0.315. The van der Waals surface area contributed by atoms with Gasteiger partial charge in [0.25, 0.3) is 0 Å². The van der Waals surface area contributed by atoms with Crippen molar-refractivity contribution in [3.8, 4) is 0 Å². The van der Waals surface area contributed by atoms with Crippen LogP contribution in [-0.2, 0) is 0 Å². The van der Waals surface area contributed by atoms with Gasteiger partial charge >= 0.3 is 0 Å². The summed E-state index contributed by atoms with van der Waals surface area (Å²) >= 11 is 0. The first-order valence-electron chi connectivity index (χ1n) is 9.42. The molecule has 132 valence electrons. The highest BCUT2D eigenvalue weighted by atomic mass is 14.7. The number of hydrogen-bond acceptors (Lipinski definition) is 2. The molecule has 2 heteroatoms. The average molecular weight is 319 g/mol. The lowest BCUT2D eigenvalue weighted by molar-refractivity contribution is 0.278. The molecule has 1 fully saturated rings. The van der Waals surface area contributed by atoms with Crippen LogP contribution in [0.1, 0.15) is 80.1 Å². The molecular formula is C21H38N2. The van der Waals surface area contributed by atoms with Gasteiger partial charge in [-0.25, -0.2) is 0 Å². The summed E-state index contributed by atoms with van der Waals surface area (Å²) < 4.78 is 0. The summed E-state index contributed by atoms with van der Waals surface area (Å²) in [6.45, 7) is 13.2. The van der Waals surface area contributed by atoms with Crippen LogP contribution >= 0.6 is 0 Å². The van der Waals surface area contributed by atoms with Crippen molar-refractivity contribution in [3.63, 3.8) is 0 Å². The van der Waals surface area contributed by atoms with Gasteiger partial charge in [-0.05, 0) is 81.4 Å². The van der Waals surface area contributed by atoms with E-state index in [2.05, 4.69) is 40.7 Å². The van der Waals surface area contributed by atoms with E-state index in [-0.39, 0.29) is 0 Å². The molecule has 1 saturated carbocycles. The van der Waals surface area contributed by atoms with Gasteiger partial charge in [-0.15, -0.1) is 0 Å². The first-order chi connectivity index (χ1) is 10.8. The summed E-state index contributed by atoms with van der Waals surface area (Å²) in [6.07, 6.45) is 9.35. The highest BCUT2D eigenvalue weighted by Gasteiger charge is 2.29. The lowest BCUT2D eigenvalue weighted by Gasteiger charge is -2.35. The van der Waals surface area contributed by atoms with Crippen LogP contribution in [0.4, 0.5) is 0 Å². The fraction of sp³-hybridized carbons (Fsp3) is 0.714. The second-order valence-electron chi connectivity index (χ2n) is 7.42. The molecule has 23 heavy (non-hydrogen) atoms. The minimum Gasteiger partial charge on any atom is -0.402 e. The van der Waals surface area contributed by atoms with Crippen LogP contribution < -0.4 is 11.5 Å². The van der Waals surface area contributed by atoms with E-state index in [1.54, 1.807) is 0 Å². The molecule has 0 heterocycles. The highest BCUT2D eigenvalue weighted by Crippen LogP contribution is 2.39. The van der Waals surface area contributed by atoms with Gasteiger partial charge in [0.15, 0.2) is 0 Å². The van der Waals surface area contributed by atoms with Crippen LogP contribution in [0.15, 0.2) is 34.1 Å². The Labute approximate surface area is 144 Å². The van der Waals surface area contributed by atoms with Gasteiger partial charge in [0, 0.05) is 11.7 Å². The van der Waals surface area contributed by atoms with E-state index in [1.807, 2.05) is 6.92 Å². The van der Waals surface area contributed by atoms with Crippen LogP contribution in [-0.4, -0.2) is 6.04 Å². The Morgan fingerprint density at radius 3 is 2.26 bits per heavy atom. The monoisotopic (exact) mass is 318 g/mol. The predicted molar refractivity (Wildman–Crippen MR) is 103 cm³/mol. The number of rotatable bonds is 6. The third-order valence-corrected chi connectivity index (χ3v) is 5.58. The molecule has 0 amide bonds. The van der Waals surface area contributed by atoms with Gasteiger partial charge in [-0.1, -0.05) is 38.8 Å². The van der Waals surface area contributed by atoms with Crippen molar-refractivity contribution in [2.75, 3.05) is 0 Å². The van der Waals surface area contributed by atoms with E-state index >= 15 is 0 Å². The van der Waals surface area contributed by atoms with Crippen molar-refractivity contribution in [2.24, 2.45) is 23.3 Å². The summed E-state index contributed by atoms with van der Waals surface area (Å²) in [5.74, 6) is 1.19. The Hall–Kier alpha value is -1.02. The molecular weight excluding hydrogens is 280 g/mol. The van der Waals surface area contributed by atoms with Gasteiger partial charge in [-0.3, -0.25) is 0 Å². The molecule has 0 saturated heterocycles. The summed E-state index contributed by atoms with van der Waals surface area (Å²) in [6, 6.07) is 0.315. The average Bonchev–Trinajstić information content (AvgIpc) is 2.52. The molecule has 0 spiro atoms. The zero-order valence-corrected chi connectivity index (χ0v) is 16.2. The number of nitrogens with two attached hydrogens (primary N) is 2. The Balaban J connectivity index is 3.27. The number of unbranched alkanes of at least 4 members (excludes halogenated alkanes) is 1. The zero-order valence-electron chi connectivity index (χ0n) is 16.2. The normalized spacial score (nSPS) is 28.3. The molecule has 1 rings (SSSR count). The molecule has 0 radical (unpaired) electrons. The largest absolute Gasteiger partial charge is 0.402 e. The Bertz CT molecular complexity index is 478. The first-order valence-corrected chi connectivity index (χ1v) is 9.42. The van der Waals surface area contributed by atoms with Gasteiger partial charge in [0.1, 0.15) is 0 Å². The lowest BCUT2D eigenvalue weighted by atomic mass is 9.73. The fourth-order valence-electron chi connectivity index (χ4n) is 3.63. The zero-order chi connectivity index (χ0) is 17.6. The third-order valence-electron chi connectivity index (χ3n) is 5.58.